The summed E-state index contributed by atoms with van der Waals surface area (Å²) >= 11 is 0. The molecule has 4 aromatic heterocycles. The second-order valence-electron chi connectivity index (χ2n) is 6.54. The Balaban J connectivity index is 2.00. The van der Waals surface area contributed by atoms with Crippen LogP contribution in [0.15, 0.2) is 38.6 Å². The summed E-state index contributed by atoms with van der Waals surface area (Å²) < 4.78 is 11.9. The lowest BCUT2D eigenvalue weighted by atomic mass is 10.3. The normalized spacial score (nSPS) is 11.8. The third-order valence-corrected chi connectivity index (χ3v) is 4.77. The van der Waals surface area contributed by atoms with Crippen LogP contribution in [0.25, 0.3) is 16.9 Å². The van der Waals surface area contributed by atoms with Gasteiger partial charge in [0.2, 0.25) is 5.78 Å². The van der Waals surface area contributed by atoms with Crippen molar-refractivity contribution in [1.82, 2.24) is 23.1 Å². The molecule has 8 heteroatoms. The Morgan fingerprint density at radius 3 is 2.73 bits per heavy atom. The van der Waals surface area contributed by atoms with Gasteiger partial charge in [0.1, 0.15) is 5.76 Å². The van der Waals surface area contributed by atoms with Gasteiger partial charge in [0.15, 0.2) is 11.2 Å². The van der Waals surface area contributed by atoms with Crippen LogP contribution in [0.1, 0.15) is 31.2 Å². The molecule has 8 nitrogen and oxygen atoms in total. The summed E-state index contributed by atoms with van der Waals surface area (Å²) in [5.74, 6) is 1.42. The van der Waals surface area contributed by atoms with Gasteiger partial charge in [-0.3, -0.25) is 18.3 Å². The molecule has 0 aromatic carbocycles. The van der Waals surface area contributed by atoms with Gasteiger partial charge in [0, 0.05) is 25.5 Å². The number of nitrogens with zero attached hydrogens (tertiary/aromatic N) is 5. The molecule has 0 unspecified atom stereocenters. The Morgan fingerprint density at radius 2 is 2.04 bits per heavy atom. The number of furan rings is 1. The topological polar surface area (TPSA) is 79.4 Å². The van der Waals surface area contributed by atoms with Gasteiger partial charge in [-0.15, -0.1) is 0 Å². The average Bonchev–Trinajstić information content (AvgIpc) is 3.31. The molecule has 0 N–H and O–H groups in total. The fraction of sp³-hybridized carbons (Fsp3) is 0.389. The van der Waals surface area contributed by atoms with E-state index in [0.29, 0.717) is 30.0 Å². The Kier molecular flexibility index (Phi) is 3.82. The average molecular weight is 355 g/mol. The van der Waals surface area contributed by atoms with Gasteiger partial charge in [-0.05, 0) is 25.5 Å². The molecule has 136 valence electrons. The smallest absolute Gasteiger partial charge is 0.332 e. The first-order chi connectivity index (χ1) is 12.5. The van der Waals surface area contributed by atoms with Crippen molar-refractivity contribution >= 4 is 16.9 Å². The SMILES string of the molecule is CCCCn1c(=O)c2c(nc3n(Cc4ccco4)c(C)cn23)n(C)c1=O. The minimum Gasteiger partial charge on any atom is -0.467 e. The summed E-state index contributed by atoms with van der Waals surface area (Å²) in [4.78, 5) is 30.1. The molecule has 0 fully saturated rings. The summed E-state index contributed by atoms with van der Waals surface area (Å²) in [5.41, 5.74) is 1.17. The van der Waals surface area contributed by atoms with Crippen LogP contribution in [0.4, 0.5) is 0 Å². The van der Waals surface area contributed by atoms with Crippen LogP contribution in [0.5, 0.6) is 0 Å². The van der Waals surface area contributed by atoms with Crippen LogP contribution >= 0.6 is 0 Å². The largest absolute Gasteiger partial charge is 0.467 e. The van der Waals surface area contributed by atoms with E-state index >= 15 is 0 Å². The first-order valence-corrected chi connectivity index (χ1v) is 8.73. The van der Waals surface area contributed by atoms with Crippen LogP contribution in [0.2, 0.25) is 0 Å². The van der Waals surface area contributed by atoms with Gasteiger partial charge < -0.3 is 8.98 Å². The lowest BCUT2D eigenvalue weighted by Gasteiger charge is -2.07. The lowest BCUT2D eigenvalue weighted by Crippen LogP contribution is -2.39. The zero-order valence-corrected chi connectivity index (χ0v) is 15.1. The van der Waals surface area contributed by atoms with Gasteiger partial charge in [-0.25, -0.2) is 4.79 Å². The molecule has 0 amide bonds. The molecule has 4 rings (SSSR count). The highest BCUT2D eigenvalue weighted by atomic mass is 16.3. The van der Waals surface area contributed by atoms with E-state index in [9.17, 15) is 9.59 Å². The fourth-order valence-electron chi connectivity index (χ4n) is 3.32. The van der Waals surface area contributed by atoms with E-state index in [-0.39, 0.29) is 11.2 Å². The van der Waals surface area contributed by atoms with Gasteiger partial charge >= 0.3 is 5.69 Å². The van der Waals surface area contributed by atoms with Gasteiger partial charge in [0.25, 0.3) is 5.56 Å². The molecular weight excluding hydrogens is 334 g/mol. The minimum atomic E-state index is -0.328. The fourth-order valence-corrected chi connectivity index (χ4v) is 3.32. The van der Waals surface area contributed by atoms with Crippen LogP contribution in [-0.2, 0) is 20.1 Å². The highest BCUT2D eigenvalue weighted by molar-refractivity contribution is 5.75. The molecule has 0 aliphatic heterocycles. The molecule has 0 saturated carbocycles. The molecule has 0 aliphatic rings. The van der Waals surface area contributed by atoms with Crippen LogP contribution in [-0.4, -0.2) is 23.1 Å². The van der Waals surface area contributed by atoms with Crippen LogP contribution < -0.4 is 11.2 Å². The third-order valence-electron chi connectivity index (χ3n) is 4.77. The highest BCUT2D eigenvalue weighted by Gasteiger charge is 2.20. The first kappa shape index (κ1) is 16.4. The zero-order valence-electron chi connectivity index (χ0n) is 15.1. The second kappa shape index (κ2) is 6.05. The highest BCUT2D eigenvalue weighted by Crippen LogP contribution is 2.18. The van der Waals surface area contributed by atoms with Crippen molar-refractivity contribution in [1.29, 1.82) is 0 Å². The number of unbranched alkanes of at least 4 members (excludes halogenated alkanes) is 1. The summed E-state index contributed by atoms with van der Waals surface area (Å²) in [5, 5.41) is 0. The summed E-state index contributed by atoms with van der Waals surface area (Å²) in [7, 11) is 1.66. The summed E-state index contributed by atoms with van der Waals surface area (Å²) in [6.45, 7) is 4.91. The van der Waals surface area contributed by atoms with Gasteiger partial charge in [0.05, 0.1) is 12.8 Å². The van der Waals surface area contributed by atoms with Crippen molar-refractivity contribution in [2.24, 2.45) is 7.05 Å². The van der Waals surface area contributed by atoms with E-state index in [4.69, 9.17) is 4.42 Å². The first-order valence-electron chi connectivity index (χ1n) is 8.73. The Morgan fingerprint density at radius 1 is 1.23 bits per heavy atom. The van der Waals surface area contributed by atoms with Crippen molar-refractivity contribution in [3.63, 3.8) is 0 Å². The number of aromatic nitrogens is 5. The summed E-state index contributed by atoms with van der Waals surface area (Å²) in [6, 6.07) is 3.73. The van der Waals surface area contributed by atoms with Crippen molar-refractivity contribution < 1.29 is 4.42 Å². The number of imidazole rings is 2. The van der Waals surface area contributed by atoms with Crippen molar-refractivity contribution in [3.8, 4) is 0 Å². The van der Waals surface area contributed by atoms with E-state index < -0.39 is 0 Å². The third kappa shape index (κ3) is 2.33. The molecule has 0 radical (unpaired) electrons. The van der Waals surface area contributed by atoms with E-state index in [1.807, 2.05) is 36.7 Å². The van der Waals surface area contributed by atoms with Crippen LogP contribution in [0.3, 0.4) is 0 Å². The number of hydrogen-bond donors (Lipinski definition) is 0. The Hall–Kier alpha value is -3.03. The Labute approximate surface area is 148 Å². The van der Waals surface area contributed by atoms with Crippen molar-refractivity contribution in [2.45, 2.75) is 39.8 Å². The minimum absolute atomic E-state index is 0.292. The van der Waals surface area contributed by atoms with E-state index in [0.717, 1.165) is 24.3 Å². The molecule has 4 heterocycles. The predicted octanol–water partition coefficient (Wildman–Crippen LogP) is 1.90. The number of aryl methyl sites for hydroxylation is 2. The maximum absolute atomic E-state index is 13.0. The maximum Gasteiger partial charge on any atom is 0.332 e. The van der Waals surface area contributed by atoms with E-state index in [1.165, 1.54) is 9.13 Å². The number of hydrogen-bond acceptors (Lipinski definition) is 4. The molecule has 0 aliphatic carbocycles. The predicted molar refractivity (Wildman–Crippen MR) is 97.6 cm³/mol. The molecule has 0 bridgehead atoms. The molecule has 26 heavy (non-hydrogen) atoms. The van der Waals surface area contributed by atoms with Gasteiger partial charge in [-0.1, -0.05) is 13.3 Å². The molecule has 0 atom stereocenters. The lowest BCUT2D eigenvalue weighted by molar-refractivity contribution is 0.494. The molecule has 0 saturated heterocycles. The van der Waals surface area contributed by atoms with E-state index in [2.05, 4.69) is 4.98 Å². The summed E-state index contributed by atoms with van der Waals surface area (Å²) in [6.07, 6.45) is 5.20. The zero-order chi connectivity index (χ0) is 18.4. The molecule has 4 aromatic rings. The molecular formula is C18H21N5O3. The van der Waals surface area contributed by atoms with E-state index in [1.54, 1.807) is 17.7 Å². The Bertz CT molecular complexity index is 1200. The number of fused-ring (bicyclic) bond motifs is 3. The monoisotopic (exact) mass is 355 g/mol. The maximum atomic E-state index is 13.0. The second-order valence-corrected chi connectivity index (χ2v) is 6.54. The molecule has 0 spiro atoms. The number of rotatable bonds is 5. The quantitative estimate of drug-likeness (QED) is 0.548. The van der Waals surface area contributed by atoms with Crippen molar-refractivity contribution in [3.05, 3.63) is 56.9 Å². The van der Waals surface area contributed by atoms with Crippen LogP contribution in [0, 0.1) is 6.92 Å². The van der Waals surface area contributed by atoms with Gasteiger partial charge in [-0.2, -0.15) is 4.98 Å². The standard InChI is InChI=1S/C18H21N5O3/c1-4-5-8-21-16(24)14-15(20(3)18(21)25)19-17-22(12(2)10-23(14)17)11-13-7-6-9-26-13/h6-7,9-10H,4-5,8,11H2,1-3H3. The van der Waals surface area contributed by atoms with Crippen molar-refractivity contribution in [2.75, 3.05) is 0 Å².